The summed E-state index contributed by atoms with van der Waals surface area (Å²) in [6, 6.07) is 0. The van der Waals surface area contributed by atoms with E-state index in [4.69, 9.17) is 0 Å². The highest BCUT2D eigenvalue weighted by atomic mass is 32.2. The molecule has 2 rings (SSSR count). The molecule has 2 aliphatic heterocycles. The molecule has 0 aromatic carbocycles. The number of hydrazone groups is 1. The summed E-state index contributed by atoms with van der Waals surface area (Å²) in [4.78, 5) is 24.6. The smallest absolute Gasteiger partial charge is 0.270 e. The average molecular weight is 288 g/mol. The van der Waals surface area contributed by atoms with Crippen LogP contribution in [0.4, 0.5) is 0 Å². The van der Waals surface area contributed by atoms with Crippen LogP contribution in [0.1, 0.15) is 12.8 Å². The van der Waals surface area contributed by atoms with Crippen molar-refractivity contribution < 1.29 is 18.0 Å². The molecule has 0 radical (unpaired) electrons. The number of amides is 2. The highest BCUT2D eigenvalue weighted by Gasteiger charge is 2.29. The third kappa shape index (κ3) is 3.29. The number of hydrogen-bond acceptors (Lipinski definition) is 5. The van der Waals surface area contributed by atoms with Crippen molar-refractivity contribution in [3.63, 3.8) is 0 Å². The minimum atomic E-state index is -3.20. The van der Waals surface area contributed by atoms with Crippen LogP contribution in [0.5, 0.6) is 0 Å². The maximum atomic E-state index is 12.1. The van der Waals surface area contributed by atoms with Crippen LogP contribution in [0.25, 0.3) is 0 Å². The van der Waals surface area contributed by atoms with Gasteiger partial charge in [-0.2, -0.15) is 9.41 Å². The predicted octanol–water partition coefficient (Wildman–Crippen LogP) is -1.64. The number of piperazine rings is 1. The maximum Gasteiger partial charge on any atom is 0.270 e. The van der Waals surface area contributed by atoms with Gasteiger partial charge in [0, 0.05) is 39.0 Å². The molecule has 19 heavy (non-hydrogen) atoms. The van der Waals surface area contributed by atoms with Crippen LogP contribution < -0.4 is 5.43 Å². The zero-order chi connectivity index (χ0) is 14.0. The zero-order valence-corrected chi connectivity index (χ0v) is 11.4. The fourth-order valence-corrected chi connectivity index (χ4v) is 2.86. The summed E-state index contributed by atoms with van der Waals surface area (Å²) < 4.78 is 24.1. The number of sulfonamides is 1. The molecular weight excluding hydrogens is 272 g/mol. The van der Waals surface area contributed by atoms with Crippen molar-refractivity contribution in [2.45, 2.75) is 12.8 Å². The number of hydrogen-bond donors (Lipinski definition) is 1. The summed E-state index contributed by atoms with van der Waals surface area (Å²) >= 11 is 0. The van der Waals surface area contributed by atoms with E-state index in [1.807, 2.05) is 0 Å². The Labute approximate surface area is 111 Å². The van der Waals surface area contributed by atoms with Gasteiger partial charge in [0.05, 0.1) is 6.26 Å². The summed E-state index contributed by atoms with van der Waals surface area (Å²) in [6.45, 7) is 1.28. The minimum Gasteiger partial charge on any atom is -0.335 e. The molecule has 9 heteroatoms. The van der Waals surface area contributed by atoms with Crippen LogP contribution in [0.3, 0.4) is 0 Å². The second kappa shape index (κ2) is 5.25. The Morgan fingerprint density at radius 1 is 1.21 bits per heavy atom. The van der Waals surface area contributed by atoms with Gasteiger partial charge in [-0.15, -0.1) is 0 Å². The molecule has 0 bridgehead atoms. The topological polar surface area (TPSA) is 99.2 Å². The molecule has 0 unspecified atom stereocenters. The van der Waals surface area contributed by atoms with Crippen molar-refractivity contribution in [3.05, 3.63) is 0 Å². The molecular formula is C10H16N4O4S. The van der Waals surface area contributed by atoms with E-state index in [1.54, 1.807) is 4.90 Å². The lowest BCUT2D eigenvalue weighted by Crippen LogP contribution is -2.52. The SMILES string of the molecule is CS(=O)(=O)N1CCN(C(=O)C2=NNC(=O)CC2)CC1. The largest absolute Gasteiger partial charge is 0.335 e. The lowest BCUT2D eigenvalue weighted by Gasteiger charge is -2.33. The summed E-state index contributed by atoms with van der Waals surface area (Å²) in [5.41, 5.74) is 2.61. The fourth-order valence-electron chi connectivity index (χ4n) is 2.03. The van der Waals surface area contributed by atoms with Crippen LogP contribution in [0.15, 0.2) is 5.10 Å². The van der Waals surface area contributed by atoms with Gasteiger partial charge in [-0.1, -0.05) is 0 Å². The van der Waals surface area contributed by atoms with Crippen LogP contribution in [-0.4, -0.2) is 67.6 Å². The quantitative estimate of drug-likeness (QED) is 0.658. The molecule has 0 aliphatic carbocycles. The number of carbonyl (C=O) groups is 2. The highest BCUT2D eigenvalue weighted by molar-refractivity contribution is 7.88. The Bertz CT molecular complexity index is 520. The molecule has 8 nitrogen and oxygen atoms in total. The van der Waals surface area contributed by atoms with Gasteiger partial charge in [0.25, 0.3) is 5.91 Å². The first-order valence-electron chi connectivity index (χ1n) is 5.98. The van der Waals surface area contributed by atoms with Crippen molar-refractivity contribution >= 4 is 27.5 Å². The molecule has 0 atom stereocenters. The maximum absolute atomic E-state index is 12.1. The molecule has 1 saturated heterocycles. The van der Waals surface area contributed by atoms with E-state index in [9.17, 15) is 18.0 Å². The molecule has 2 amide bonds. The standard InChI is InChI=1S/C10H16N4O4S/c1-19(17,18)14-6-4-13(5-7-14)10(16)8-2-3-9(15)12-11-8/h2-7H2,1H3,(H,12,15). The van der Waals surface area contributed by atoms with Crippen LogP contribution >= 0.6 is 0 Å². The monoisotopic (exact) mass is 288 g/mol. The van der Waals surface area contributed by atoms with Gasteiger partial charge in [-0.05, 0) is 0 Å². The molecule has 0 spiro atoms. The summed E-state index contributed by atoms with van der Waals surface area (Å²) in [6.07, 6.45) is 1.75. The first-order valence-corrected chi connectivity index (χ1v) is 7.82. The Morgan fingerprint density at radius 2 is 1.84 bits per heavy atom. The van der Waals surface area contributed by atoms with Crippen molar-refractivity contribution in [2.24, 2.45) is 5.10 Å². The zero-order valence-electron chi connectivity index (χ0n) is 10.6. The van der Waals surface area contributed by atoms with Gasteiger partial charge >= 0.3 is 0 Å². The van der Waals surface area contributed by atoms with Crippen molar-refractivity contribution in [2.75, 3.05) is 32.4 Å². The summed E-state index contributed by atoms with van der Waals surface area (Å²) in [5, 5.41) is 3.75. The lowest BCUT2D eigenvalue weighted by molar-refractivity contribution is -0.125. The van der Waals surface area contributed by atoms with Gasteiger partial charge in [-0.25, -0.2) is 13.8 Å². The molecule has 0 saturated carbocycles. The van der Waals surface area contributed by atoms with Crippen molar-refractivity contribution in [1.29, 1.82) is 0 Å². The lowest BCUT2D eigenvalue weighted by atomic mass is 10.1. The van der Waals surface area contributed by atoms with Gasteiger partial charge in [-0.3, -0.25) is 9.59 Å². The normalized spacial score (nSPS) is 21.8. The van der Waals surface area contributed by atoms with Gasteiger partial charge in [0.1, 0.15) is 5.71 Å². The van der Waals surface area contributed by atoms with Gasteiger partial charge < -0.3 is 4.90 Å². The molecule has 106 valence electrons. The minimum absolute atomic E-state index is 0.196. The Balaban J connectivity index is 1.95. The summed E-state index contributed by atoms with van der Waals surface area (Å²) in [7, 11) is -3.20. The average Bonchev–Trinajstić information content (AvgIpc) is 2.38. The number of carbonyl (C=O) groups excluding carboxylic acids is 2. The molecule has 2 aliphatic rings. The number of nitrogens with zero attached hydrogens (tertiary/aromatic N) is 3. The number of nitrogens with one attached hydrogen (secondary N) is 1. The van der Waals surface area contributed by atoms with E-state index in [0.717, 1.165) is 6.26 Å². The molecule has 1 N–H and O–H groups in total. The first-order chi connectivity index (χ1) is 8.88. The molecule has 0 aromatic heterocycles. The number of rotatable bonds is 2. The molecule has 0 aromatic rings. The van der Waals surface area contributed by atoms with Crippen LogP contribution in [0.2, 0.25) is 0 Å². The Kier molecular flexibility index (Phi) is 3.85. The van der Waals surface area contributed by atoms with Gasteiger partial charge in [0.2, 0.25) is 15.9 Å². The fraction of sp³-hybridized carbons (Fsp3) is 0.700. The second-order valence-corrected chi connectivity index (χ2v) is 6.53. The van der Waals surface area contributed by atoms with E-state index in [2.05, 4.69) is 10.5 Å². The van der Waals surface area contributed by atoms with Crippen LogP contribution in [-0.2, 0) is 19.6 Å². The Hall–Kier alpha value is -1.48. The van der Waals surface area contributed by atoms with Crippen molar-refractivity contribution in [3.8, 4) is 0 Å². The van der Waals surface area contributed by atoms with E-state index in [0.29, 0.717) is 38.3 Å². The van der Waals surface area contributed by atoms with Crippen LogP contribution in [0, 0.1) is 0 Å². The van der Waals surface area contributed by atoms with E-state index < -0.39 is 10.0 Å². The Morgan fingerprint density at radius 3 is 2.32 bits per heavy atom. The predicted molar refractivity (Wildman–Crippen MR) is 67.8 cm³/mol. The van der Waals surface area contributed by atoms with E-state index in [-0.39, 0.29) is 18.2 Å². The highest BCUT2D eigenvalue weighted by Crippen LogP contribution is 2.09. The second-order valence-electron chi connectivity index (χ2n) is 4.55. The van der Waals surface area contributed by atoms with E-state index >= 15 is 0 Å². The molecule has 2 heterocycles. The van der Waals surface area contributed by atoms with Gasteiger partial charge in [0.15, 0.2) is 0 Å². The third-order valence-corrected chi connectivity index (χ3v) is 4.45. The summed E-state index contributed by atoms with van der Waals surface area (Å²) in [5.74, 6) is -0.424. The van der Waals surface area contributed by atoms with Crippen molar-refractivity contribution in [1.82, 2.24) is 14.6 Å². The van der Waals surface area contributed by atoms with E-state index in [1.165, 1.54) is 4.31 Å². The first kappa shape index (κ1) is 13.9. The molecule has 1 fully saturated rings. The third-order valence-electron chi connectivity index (χ3n) is 3.15.